The lowest BCUT2D eigenvalue weighted by Gasteiger charge is -2.00. The smallest absolute Gasteiger partial charge is 0.273 e. The van der Waals surface area contributed by atoms with Crippen LogP contribution in [-0.2, 0) is 0 Å². The summed E-state index contributed by atoms with van der Waals surface area (Å²) in [5.74, 6) is 0.0849. The van der Waals surface area contributed by atoms with Crippen molar-refractivity contribution in [2.24, 2.45) is 0 Å². The second-order valence-corrected chi connectivity index (χ2v) is 2.85. The number of carbonyl (C=O) groups is 1. The van der Waals surface area contributed by atoms with Gasteiger partial charge in [0.1, 0.15) is 11.5 Å². The molecular formula is C9H8N4O2. The maximum Gasteiger partial charge on any atom is 0.273 e. The summed E-state index contributed by atoms with van der Waals surface area (Å²) in [6.07, 6.45) is 1.52. The summed E-state index contributed by atoms with van der Waals surface area (Å²) in [5.41, 5.74) is -0.107. The van der Waals surface area contributed by atoms with E-state index in [4.69, 9.17) is 0 Å². The molecule has 0 aliphatic carbocycles. The molecule has 76 valence electrons. The maximum absolute atomic E-state index is 11.5. The summed E-state index contributed by atoms with van der Waals surface area (Å²) in [7, 11) is 0. The van der Waals surface area contributed by atoms with Gasteiger partial charge in [0, 0.05) is 12.1 Å². The second kappa shape index (κ2) is 3.79. The molecule has 0 aliphatic rings. The second-order valence-electron chi connectivity index (χ2n) is 2.85. The number of hydrogen-bond donors (Lipinski definition) is 3. The molecule has 15 heavy (non-hydrogen) atoms. The summed E-state index contributed by atoms with van der Waals surface area (Å²) in [6, 6.07) is 5.99. The summed E-state index contributed by atoms with van der Waals surface area (Å²) < 4.78 is 0. The van der Waals surface area contributed by atoms with Crippen LogP contribution in [0.25, 0.3) is 0 Å². The van der Waals surface area contributed by atoms with Gasteiger partial charge in [-0.2, -0.15) is 5.10 Å². The topological polar surface area (TPSA) is 90.6 Å². The van der Waals surface area contributed by atoms with Gasteiger partial charge in [0.15, 0.2) is 0 Å². The van der Waals surface area contributed by atoms with Crippen LogP contribution in [0.3, 0.4) is 0 Å². The Morgan fingerprint density at radius 3 is 2.87 bits per heavy atom. The minimum Gasteiger partial charge on any atom is -0.318 e. The molecule has 0 atom stereocenters. The Hall–Kier alpha value is -2.37. The lowest BCUT2D eigenvalue weighted by molar-refractivity contribution is 0.102. The first-order valence-electron chi connectivity index (χ1n) is 4.26. The number of amides is 1. The molecule has 0 radical (unpaired) electrons. The van der Waals surface area contributed by atoms with Crippen molar-refractivity contribution >= 4 is 11.7 Å². The molecule has 0 spiro atoms. The van der Waals surface area contributed by atoms with Crippen LogP contribution in [-0.4, -0.2) is 21.1 Å². The number of nitrogens with one attached hydrogen (secondary N) is 3. The van der Waals surface area contributed by atoms with Crippen LogP contribution in [0.5, 0.6) is 0 Å². The van der Waals surface area contributed by atoms with Gasteiger partial charge in [-0.3, -0.25) is 14.7 Å². The Balaban J connectivity index is 2.18. The van der Waals surface area contributed by atoms with Crippen molar-refractivity contribution in [2.75, 3.05) is 5.32 Å². The van der Waals surface area contributed by atoms with Gasteiger partial charge in [-0.15, -0.1) is 0 Å². The molecule has 0 unspecified atom stereocenters. The summed E-state index contributed by atoms with van der Waals surface area (Å²) >= 11 is 0. The highest BCUT2D eigenvalue weighted by Crippen LogP contribution is 2.01. The number of hydrogen-bond acceptors (Lipinski definition) is 3. The minimum atomic E-state index is -0.392. The number of carbonyl (C=O) groups excluding carboxylic acids is 1. The molecule has 0 saturated heterocycles. The lowest BCUT2D eigenvalue weighted by atomic mass is 10.3. The predicted molar refractivity (Wildman–Crippen MR) is 53.6 cm³/mol. The van der Waals surface area contributed by atoms with Gasteiger partial charge in [0.05, 0.1) is 6.20 Å². The van der Waals surface area contributed by atoms with Gasteiger partial charge in [-0.1, -0.05) is 6.07 Å². The Morgan fingerprint density at radius 2 is 2.20 bits per heavy atom. The monoisotopic (exact) mass is 204 g/mol. The van der Waals surface area contributed by atoms with E-state index in [9.17, 15) is 9.59 Å². The maximum atomic E-state index is 11.5. The van der Waals surface area contributed by atoms with Gasteiger partial charge >= 0.3 is 0 Å². The molecule has 2 aromatic heterocycles. The van der Waals surface area contributed by atoms with Crippen LogP contribution in [0.4, 0.5) is 5.82 Å². The highest BCUT2D eigenvalue weighted by molar-refractivity contribution is 6.02. The third kappa shape index (κ3) is 2.11. The fraction of sp³-hybridized carbons (Fsp3) is 0. The van der Waals surface area contributed by atoms with Crippen LogP contribution >= 0.6 is 0 Å². The van der Waals surface area contributed by atoms with Crippen LogP contribution in [0.2, 0.25) is 0 Å². The van der Waals surface area contributed by atoms with Crippen molar-refractivity contribution in [3.8, 4) is 0 Å². The molecule has 3 N–H and O–H groups in total. The molecular weight excluding hydrogens is 196 g/mol. The summed E-state index contributed by atoms with van der Waals surface area (Å²) in [6.45, 7) is 0. The van der Waals surface area contributed by atoms with Crippen LogP contribution in [0.15, 0.2) is 35.3 Å². The molecule has 0 aromatic carbocycles. The Kier molecular flexibility index (Phi) is 2.32. The van der Waals surface area contributed by atoms with Crippen molar-refractivity contribution in [2.45, 2.75) is 0 Å². The Bertz CT molecular complexity index is 515. The number of pyridine rings is 1. The molecule has 2 aromatic rings. The molecule has 0 bridgehead atoms. The molecule has 6 nitrogen and oxygen atoms in total. The molecule has 2 heterocycles. The van der Waals surface area contributed by atoms with Crippen LogP contribution in [0.1, 0.15) is 10.5 Å². The third-order valence-electron chi connectivity index (χ3n) is 1.76. The van der Waals surface area contributed by atoms with Gasteiger partial charge in [-0.25, -0.2) is 0 Å². The zero-order chi connectivity index (χ0) is 10.7. The molecule has 0 aliphatic heterocycles. The fourth-order valence-corrected chi connectivity index (χ4v) is 1.10. The van der Waals surface area contributed by atoms with Gasteiger partial charge < -0.3 is 10.3 Å². The number of anilines is 1. The van der Waals surface area contributed by atoms with E-state index in [0.717, 1.165) is 0 Å². The van der Waals surface area contributed by atoms with Crippen molar-refractivity contribution < 1.29 is 4.79 Å². The first kappa shape index (κ1) is 9.20. The number of aromatic nitrogens is 3. The van der Waals surface area contributed by atoms with Crippen molar-refractivity contribution in [3.63, 3.8) is 0 Å². The van der Waals surface area contributed by atoms with Crippen molar-refractivity contribution in [3.05, 3.63) is 46.5 Å². The standard InChI is InChI=1S/C9H8N4O2/c14-8-3-1-2-6(11-8)9(15)12-7-4-5-10-13-7/h1-5H,(H,11,14)(H2,10,12,13,15). The van der Waals surface area contributed by atoms with Crippen LogP contribution in [0, 0.1) is 0 Å². The SMILES string of the molecule is O=C(Nc1ccn[nH]1)c1cccc(=O)[nH]1. The number of nitrogens with zero attached hydrogens (tertiary/aromatic N) is 1. The van der Waals surface area contributed by atoms with E-state index in [1.165, 1.54) is 24.4 Å². The number of H-pyrrole nitrogens is 2. The predicted octanol–water partition coefficient (Wildman–Crippen LogP) is 0.350. The minimum absolute atomic E-state index is 0.206. The van der Waals surface area contributed by atoms with E-state index >= 15 is 0 Å². The number of rotatable bonds is 2. The molecule has 0 fully saturated rings. The lowest BCUT2D eigenvalue weighted by Crippen LogP contribution is -2.18. The van der Waals surface area contributed by atoms with E-state index < -0.39 is 5.91 Å². The van der Waals surface area contributed by atoms with Crippen molar-refractivity contribution in [1.29, 1.82) is 0 Å². The highest BCUT2D eigenvalue weighted by atomic mass is 16.2. The van der Waals surface area contributed by atoms with E-state index in [-0.39, 0.29) is 11.3 Å². The largest absolute Gasteiger partial charge is 0.318 e. The van der Waals surface area contributed by atoms with E-state index in [0.29, 0.717) is 5.82 Å². The van der Waals surface area contributed by atoms with E-state index in [1.807, 2.05) is 0 Å². The average Bonchev–Trinajstić information content (AvgIpc) is 2.70. The van der Waals surface area contributed by atoms with E-state index in [1.54, 1.807) is 6.07 Å². The van der Waals surface area contributed by atoms with E-state index in [2.05, 4.69) is 20.5 Å². The Morgan fingerprint density at radius 1 is 1.33 bits per heavy atom. The van der Waals surface area contributed by atoms with Gasteiger partial charge in [0.25, 0.3) is 5.91 Å². The first-order chi connectivity index (χ1) is 7.25. The van der Waals surface area contributed by atoms with Gasteiger partial charge in [-0.05, 0) is 6.07 Å². The summed E-state index contributed by atoms with van der Waals surface area (Å²) in [4.78, 5) is 24.9. The quantitative estimate of drug-likeness (QED) is 0.659. The average molecular weight is 204 g/mol. The molecule has 2 rings (SSSR count). The number of aromatic amines is 2. The zero-order valence-electron chi connectivity index (χ0n) is 7.65. The van der Waals surface area contributed by atoms with Gasteiger partial charge in [0.2, 0.25) is 5.56 Å². The summed E-state index contributed by atoms with van der Waals surface area (Å²) in [5, 5.41) is 8.79. The Labute approximate surface area is 84.3 Å². The normalized spacial score (nSPS) is 9.87. The molecule has 0 saturated carbocycles. The first-order valence-corrected chi connectivity index (χ1v) is 4.26. The van der Waals surface area contributed by atoms with Crippen LogP contribution < -0.4 is 10.9 Å². The zero-order valence-corrected chi connectivity index (χ0v) is 7.65. The molecule has 1 amide bonds. The highest BCUT2D eigenvalue weighted by Gasteiger charge is 2.06. The van der Waals surface area contributed by atoms with Crippen molar-refractivity contribution in [1.82, 2.24) is 15.2 Å². The third-order valence-corrected chi connectivity index (χ3v) is 1.76. The fourth-order valence-electron chi connectivity index (χ4n) is 1.10. The molecule has 6 heteroatoms.